The number of nitrogens with one attached hydrogen (secondary N) is 2. The van der Waals surface area contributed by atoms with E-state index in [9.17, 15) is 0 Å². The van der Waals surface area contributed by atoms with E-state index in [1.54, 1.807) is 0 Å². The molecule has 136 valence electrons. The highest BCUT2D eigenvalue weighted by molar-refractivity contribution is 14.0. The molecule has 0 aromatic carbocycles. The van der Waals surface area contributed by atoms with Gasteiger partial charge in [0.2, 0.25) is 5.88 Å². The summed E-state index contributed by atoms with van der Waals surface area (Å²) in [6, 6.07) is 4.01. The van der Waals surface area contributed by atoms with Crippen molar-refractivity contribution in [2.45, 2.75) is 65.0 Å². The van der Waals surface area contributed by atoms with Crippen molar-refractivity contribution < 1.29 is 4.74 Å². The first-order valence-electron chi connectivity index (χ1n) is 8.95. The fourth-order valence-corrected chi connectivity index (χ4v) is 2.65. The SMILES string of the molecule is CCCCNC(=NCc1ccc(OC2CCCC2)nc1)NCC.I. The highest BCUT2D eigenvalue weighted by atomic mass is 127. The summed E-state index contributed by atoms with van der Waals surface area (Å²) >= 11 is 0. The Balaban J connectivity index is 0.00000288. The van der Waals surface area contributed by atoms with E-state index in [1.807, 2.05) is 12.3 Å². The molecule has 1 saturated carbocycles. The van der Waals surface area contributed by atoms with Crippen LogP contribution in [0.3, 0.4) is 0 Å². The smallest absolute Gasteiger partial charge is 0.213 e. The monoisotopic (exact) mass is 446 g/mol. The molecular formula is C18H31IN4O. The lowest BCUT2D eigenvalue weighted by Gasteiger charge is -2.12. The van der Waals surface area contributed by atoms with Crippen LogP contribution in [0.5, 0.6) is 5.88 Å². The van der Waals surface area contributed by atoms with E-state index in [2.05, 4.69) is 40.5 Å². The van der Waals surface area contributed by atoms with Gasteiger partial charge in [0.1, 0.15) is 6.10 Å². The van der Waals surface area contributed by atoms with Gasteiger partial charge in [0, 0.05) is 25.4 Å². The molecule has 1 aliphatic rings. The average molecular weight is 446 g/mol. The Bertz CT molecular complexity index is 472. The average Bonchev–Trinajstić information content (AvgIpc) is 3.07. The van der Waals surface area contributed by atoms with Crippen molar-refractivity contribution in [1.82, 2.24) is 15.6 Å². The predicted molar refractivity (Wildman–Crippen MR) is 110 cm³/mol. The van der Waals surface area contributed by atoms with Gasteiger partial charge in [-0.15, -0.1) is 24.0 Å². The van der Waals surface area contributed by atoms with Crippen molar-refractivity contribution in [2.75, 3.05) is 13.1 Å². The van der Waals surface area contributed by atoms with Gasteiger partial charge in [0.15, 0.2) is 5.96 Å². The number of aliphatic imine (C=N–C) groups is 1. The number of unbranched alkanes of at least 4 members (excludes halogenated alkanes) is 1. The first kappa shape index (κ1) is 21.0. The lowest BCUT2D eigenvalue weighted by Crippen LogP contribution is -2.37. The Kier molecular flexibility index (Phi) is 10.8. The molecule has 1 aromatic heterocycles. The van der Waals surface area contributed by atoms with Crippen molar-refractivity contribution >= 4 is 29.9 Å². The van der Waals surface area contributed by atoms with Gasteiger partial charge in [0.25, 0.3) is 0 Å². The predicted octanol–water partition coefficient (Wildman–Crippen LogP) is 3.88. The van der Waals surface area contributed by atoms with Gasteiger partial charge in [-0.3, -0.25) is 0 Å². The van der Waals surface area contributed by atoms with Crippen LogP contribution in [0.2, 0.25) is 0 Å². The summed E-state index contributed by atoms with van der Waals surface area (Å²) in [6.07, 6.45) is 9.41. The minimum atomic E-state index is 0. The fourth-order valence-electron chi connectivity index (χ4n) is 2.65. The summed E-state index contributed by atoms with van der Waals surface area (Å²) in [7, 11) is 0. The van der Waals surface area contributed by atoms with Gasteiger partial charge in [-0.05, 0) is 44.6 Å². The van der Waals surface area contributed by atoms with Crippen molar-refractivity contribution in [3.05, 3.63) is 23.9 Å². The number of ether oxygens (including phenoxy) is 1. The molecule has 0 unspecified atom stereocenters. The molecule has 0 saturated heterocycles. The van der Waals surface area contributed by atoms with E-state index in [1.165, 1.54) is 19.3 Å². The number of nitrogens with zero attached hydrogens (tertiary/aromatic N) is 2. The fraction of sp³-hybridized carbons (Fsp3) is 0.667. The van der Waals surface area contributed by atoms with Crippen molar-refractivity contribution in [3.63, 3.8) is 0 Å². The number of rotatable bonds is 8. The number of hydrogen-bond donors (Lipinski definition) is 2. The van der Waals surface area contributed by atoms with Crippen LogP contribution in [-0.2, 0) is 6.54 Å². The molecule has 2 rings (SSSR count). The minimum Gasteiger partial charge on any atom is -0.474 e. The molecule has 0 aliphatic heterocycles. The van der Waals surface area contributed by atoms with Gasteiger partial charge in [-0.2, -0.15) is 0 Å². The standard InChI is InChI=1S/C18H30N4O.HI/c1-3-5-12-20-18(19-4-2)22-14-15-10-11-17(21-13-15)23-16-8-6-7-9-16;/h10-11,13,16H,3-9,12,14H2,1-2H3,(H2,19,20,22);1H. The molecule has 1 aliphatic carbocycles. The second-order valence-electron chi connectivity index (χ2n) is 6.00. The molecule has 6 heteroatoms. The van der Waals surface area contributed by atoms with Gasteiger partial charge in [-0.25, -0.2) is 9.98 Å². The molecule has 1 aromatic rings. The molecule has 0 atom stereocenters. The third kappa shape index (κ3) is 7.68. The van der Waals surface area contributed by atoms with E-state index >= 15 is 0 Å². The van der Waals surface area contributed by atoms with E-state index in [0.29, 0.717) is 12.6 Å². The molecule has 5 nitrogen and oxygen atoms in total. The molecule has 0 bridgehead atoms. The molecule has 1 fully saturated rings. The van der Waals surface area contributed by atoms with Crippen molar-refractivity contribution in [1.29, 1.82) is 0 Å². The second kappa shape index (κ2) is 12.3. The Morgan fingerprint density at radius 1 is 1.25 bits per heavy atom. The number of hydrogen-bond acceptors (Lipinski definition) is 3. The maximum atomic E-state index is 5.89. The topological polar surface area (TPSA) is 58.5 Å². The maximum absolute atomic E-state index is 5.89. The summed E-state index contributed by atoms with van der Waals surface area (Å²) in [5.74, 6) is 1.60. The zero-order valence-corrected chi connectivity index (χ0v) is 17.2. The normalized spacial score (nSPS) is 15.0. The van der Waals surface area contributed by atoms with Crippen LogP contribution in [0.1, 0.15) is 57.9 Å². The first-order valence-corrected chi connectivity index (χ1v) is 8.95. The molecule has 1 heterocycles. The number of aromatic nitrogens is 1. The lowest BCUT2D eigenvalue weighted by atomic mass is 10.3. The van der Waals surface area contributed by atoms with Crippen LogP contribution in [0.25, 0.3) is 0 Å². The van der Waals surface area contributed by atoms with E-state index in [0.717, 1.165) is 49.8 Å². The Labute approximate surface area is 163 Å². The molecule has 2 N–H and O–H groups in total. The molecular weight excluding hydrogens is 415 g/mol. The van der Waals surface area contributed by atoms with Gasteiger partial charge in [-0.1, -0.05) is 19.4 Å². The van der Waals surface area contributed by atoms with Crippen LogP contribution in [-0.4, -0.2) is 30.1 Å². The lowest BCUT2D eigenvalue weighted by molar-refractivity contribution is 0.201. The Hall–Kier alpha value is -1.05. The van der Waals surface area contributed by atoms with Gasteiger partial charge < -0.3 is 15.4 Å². The number of pyridine rings is 1. The second-order valence-corrected chi connectivity index (χ2v) is 6.00. The van der Waals surface area contributed by atoms with Crippen LogP contribution in [0.4, 0.5) is 0 Å². The van der Waals surface area contributed by atoms with Crippen molar-refractivity contribution in [3.8, 4) is 5.88 Å². The molecule has 24 heavy (non-hydrogen) atoms. The number of guanidine groups is 1. The summed E-state index contributed by atoms with van der Waals surface area (Å²) in [6.45, 7) is 6.71. The summed E-state index contributed by atoms with van der Waals surface area (Å²) in [4.78, 5) is 9.01. The van der Waals surface area contributed by atoms with Gasteiger partial charge in [0.05, 0.1) is 6.54 Å². The number of halogens is 1. The Morgan fingerprint density at radius 2 is 2.04 bits per heavy atom. The van der Waals surface area contributed by atoms with Crippen LogP contribution >= 0.6 is 24.0 Å². The largest absolute Gasteiger partial charge is 0.474 e. The van der Waals surface area contributed by atoms with E-state index in [4.69, 9.17) is 4.74 Å². The molecule has 0 spiro atoms. The Morgan fingerprint density at radius 3 is 2.67 bits per heavy atom. The maximum Gasteiger partial charge on any atom is 0.213 e. The zero-order valence-electron chi connectivity index (χ0n) is 14.9. The zero-order chi connectivity index (χ0) is 16.3. The summed E-state index contributed by atoms with van der Waals surface area (Å²) < 4.78 is 5.89. The highest BCUT2D eigenvalue weighted by Gasteiger charge is 2.16. The van der Waals surface area contributed by atoms with Crippen molar-refractivity contribution in [2.24, 2.45) is 4.99 Å². The van der Waals surface area contributed by atoms with E-state index < -0.39 is 0 Å². The summed E-state index contributed by atoms with van der Waals surface area (Å²) in [5, 5.41) is 6.61. The van der Waals surface area contributed by atoms with Crippen LogP contribution in [0.15, 0.2) is 23.3 Å². The highest BCUT2D eigenvalue weighted by Crippen LogP contribution is 2.22. The first-order chi connectivity index (χ1) is 11.3. The van der Waals surface area contributed by atoms with Crippen LogP contribution in [0, 0.1) is 0 Å². The quantitative estimate of drug-likeness (QED) is 0.276. The third-order valence-corrected chi connectivity index (χ3v) is 3.97. The van der Waals surface area contributed by atoms with Crippen LogP contribution < -0.4 is 15.4 Å². The molecule has 0 radical (unpaired) electrons. The van der Waals surface area contributed by atoms with E-state index in [-0.39, 0.29) is 24.0 Å². The summed E-state index contributed by atoms with van der Waals surface area (Å²) in [5.41, 5.74) is 1.09. The third-order valence-electron chi connectivity index (χ3n) is 3.97. The van der Waals surface area contributed by atoms with Gasteiger partial charge >= 0.3 is 0 Å². The minimum absolute atomic E-state index is 0. The molecule has 0 amide bonds.